The lowest BCUT2D eigenvalue weighted by atomic mass is 10.1. The van der Waals surface area contributed by atoms with Gasteiger partial charge in [-0.1, -0.05) is 6.58 Å². The van der Waals surface area contributed by atoms with Crippen molar-refractivity contribution in [2.75, 3.05) is 23.3 Å². The van der Waals surface area contributed by atoms with Crippen LogP contribution in [0.3, 0.4) is 0 Å². The van der Waals surface area contributed by atoms with Gasteiger partial charge in [0.25, 0.3) is 5.91 Å². The number of urea groups is 1. The van der Waals surface area contributed by atoms with E-state index in [2.05, 4.69) is 42.7 Å². The molecule has 5 rings (SSSR count). The molecule has 12 nitrogen and oxygen atoms in total. The molecule has 4 aromatic rings. The Hall–Kier alpha value is -4.91. The van der Waals surface area contributed by atoms with Crippen LogP contribution in [0.25, 0.3) is 10.2 Å². The minimum atomic E-state index is -0.476. The maximum absolute atomic E-state index is 13.1. The van der Waals surface area contributed by atoms with Crippen molar-refractivity contribution in [3.8, 4) is 11.6 Å². The quantitative estimate of drug-likeness (QED) is 0.246. The number of nitrogens with one attached hydrogen (secondary N) is 3. The molecular formula is C23H18N8O4S. The first-order chi connectivity index (χ1) is 17.5. The minimum absolute atomic E-state index is 0.208. The molecule has 0 bridgehead atoms. The zero-order valence-electron chi connectivity index (χ0n) is 18.6. The van der Waals surface area contributed by atoms with E-state index in [1.807, 2.05) is 0 Å². The van der Waals surface area contributed by atoms with Crippen LogP contribution in [0.5, 0.6) is 11.6 Å². The van der Waals surface area contributed by atoms with Crippen LogP contribution in [0, 0.1) is 0 Å². The van der Waals surface area contributed by atoms with Crippen molar-refractivity contribution in [2.45, 2.75) is 0 Å². The monoisotopic (exact) mass is 502 g/mol. The van der Waals surface area contributed by atoms with Crippen molar-refractivity contribution in [1.29, 1.82) is 0 Å². The Morgan fingerprint density at radius 2 is 2.00 bits per heavy atom. The number of amides is 4. The third kappa shape index (κ3) is 4.42. The van der Waals surface area contributed by atoms with Gasteiger partial charge in [-0.25, -0.2) is 19.7 Å². The average Bonchev–Trinajstić information content (AvgIpc) is 3.27. The van der Waals surface area contributed by atoms with Crippen molar-refractivity contribution in [2.24, 2.45) is 0 Å². The number of thiophene rings is 1. The van der Waals surface area contributed by atoms with Gasteiger partial charge in [-0.05, 0) is 30.3 Å². The van der Waals surface area contributed by atoms with Gasteiger partial charge >= 0.3 is 6.03 Å². The molecule has 0 spiro atoms. The largest absolute Gasteiger partial charge is 0.436 e. The molecule has 4 amide bonds. The van der Waals surface area contributed by atoms with Crippen LogP contribution in [-0.4, -0.2) is 51.1 Å². The molecule has 0 radical (unpaired) electrons. The standard InChI is InChI=1S/C23H18N8O4S/c1-2-16(32)24-10-11-25-21(33)20-19-18-14(7-9-26-22(18)36-20)31(23(34)29-19)15-6-5-13(12-27-15)35-17-4-3-8-28-30-17/h2-9,12H,1,10-11H2,(H,24,32)(H,25,33)(H,29,34). The van der Waals surface area contributed by atoms with Crippen LogP contribution in [0.4, 0.5) is 22.0 Å². The summed E-state index contributed by atoms with van der Waals surface area (Å²) in [6.45, 7) is 3.82. The second-order valence-electron chi connectivity index (χ2n) is 7.35. The number of hydrogen-bond donors (Lipinski definition) is 3. The van der Waals surface area contributed by atoms with Crippen molar-refractivity contribution < 1.29 is 19.1 Å². The van der Waals surface area contributed by atoms with E-state index in [1.165, 1.54) is 17.3 Å². The third-order valence-corrected chi connectivity index (χ3v) is 6.16. The van der Waals surface area contributed by atoms with Crippen molar-refractivity contribution in [3.05, 3.63) is 66.5 Å². The van der Waals surface area contributed by atoms with Gasteiger partial charge in [0.05, 0.1) is 23.0 Å². The molecular weight excluding hydrogens is 484 g/mol. The summed E-state index contributed by atoms with van der Waals surface area (Å²) in [5.74, 6) is 0.382. The first-order valence-corrected chi connectivity index (χ1v) is 11.5. The summed E-state index contributed by atoms with van der Waals surface area (Å²) < 4.78 is 5.61. The van der Waals surface area contributed by atoms with Gasteiger partial charge in [0, 0.05) is 31.5 Å². The highest BCUT2D eigenvalue weighted by molar-refractivity contribution is 7.21. The highest BCUT2D eigenvalue weighted by Gasteiger charge is 2.33. The topological polar surface area (TPSA) is 151 Å². The summed E-state index contributed by atoms with van der Waals surface area (Å²) in [5, 5.41) is 16.4. The fraction of sp³-hybridized carbons (Fsp3) is 0.0870. The molecule has 5 heterocycles. The lowest BCUT2D eigenvalue weighted by molar-refractivity contribution is -0.116. The molecule has 3 N–H and O–H groups in total. The highest BCUT2D eigenvalue weighted by Crippen LogP contribution is 2.45. The number of carbonyl (C=O) groups excluding carboxylic acids is 3. The average molecular weight is 503 g/mol. The highest BCUT2D eigenvalue weighted by atomic mass is 32.1. The normalized spacial score (nSPS) is 12.1. The summed E-state index contributed by atoms with van der Waals surface area (Å²) in [4.78, 5) is 48.3. The molecule has 36 heavy (non-hydrogen) atoms. The van der Waals surface area contributed by atoms with E-state index in [0.29, 0.717) is 43.9 Å². The number of rotatable bonds is 8. The molecule has 1 aliphatic rings. The molecule has 1 aliphatic heterocycles. The van der Waals surface area contributed by atoms with Gasteiger partial charge in [0.2, 0.25) is 11.8 Å². The Balaban J connectivity index is 1.39. The summed E-state index contributed by atoms with van der Waals surface area (Å²) in [5.41, 5.74) is 0.928. The molecule has 0 unspecified atom stereocenters. The van der Waals surface area contributed by atoms with E-state index in [0.717, 1.165) is 17.4 Å². The number of anilines is 3. The van der Waals surface area contributed by atoms with E-state index in [1.54, 1.807) is 36.5 Å². The number of nitrogens with zero attached hydrogens (tertiary/aromatic N) is 5. The van der Waals surface area contributed by atoms with Gasteiger partial charge in [-0.2, -0.15) is 5.10 Å². The second kappa shape index (κ2) is 9.76. The lowest BCUT2D eigenvalue weighted by Gasteiger charge is -2.27. The van der Waals surface area contributed by atoms with E-state index in [-0.39, 0.29) is 24.9 Å². The van der Waals surface area contributed by atoms with Gasteiger partial charge < -0.3 is 20.7 Å². The number of carbonyl (C=O) groups is 3. The fourth-order valence-corrected chi connectivity index (χ4v) is 4.55. The Kier molecular flexibility index (Phi) is 6.19. The molecule has 180 valence electrons. The van der Waals surface area contributed by atoms with E-state index >= 15 is 0 Å². The minimum Gasteiger partial charge on any atom is -0.436 e. The summed E-state index contributed by atoms with van der Waals surface area (Å²) >= 11 is 1.16. The molecule has 0 fully saturated rings. The zero-order chi connectivity index (χ0) is 25.1. The SMILES string of the molecule is C=CC(=O)NCCNC(=O)c1sc2nccc3c2c1NC(=O)N3c1ccc(Oc2cccnn2)cn1. The predicted octanol–water partition coefficient (Wildman–Crippen LogP) is 2.99. The van der Waals surface area contributed by atoms with Gasteiger partial charge in [-0.15, -0.1) is 16.4 Å². The number of aromatic nitrogens is 4. The molecule has 4 aromatic heterocycles. The molecule has 0 saturated carbocycles. The van der Waals surface area contributed by atoms with Gasteiger partial charge in [0.1, 0.15) is 21.3 Å². The summed E-state index contributed by atoms with van der Waals surface area (Å²) in [6.07, 6.45) is 5.74. The molecule has 13 heteroatoms. The van der Waals surface area contributed by atoms with Crippen molar-refractivity contribution in [3.63, 3.8) is 0 Å². The van der Waals surface area contributed by atoms with Crippen molar-refractivity contribution in [1.82, 2.24) is 30.8 Å². The Labute approximate surface area is 208 Å². The van der Waals surface area contributed by atoms with Crippen molar-refractivity contribution >= 4 is 56.6 Å². The van der Waals surface area contributed by atoms with Crippen LogP contribution < -0.4 is 25.6 Å². The molecule has 0 saturated heterocycles. The molecule has 0 aliphatic carbocycles. The van der Waals surface area contributed by atoms with Crippen LogP contribution in [0.15, 0.2) is 61.6 Å². The Morgan fingerprint density at radius 3 is 2.75 bits per heavy atom. The summed E-state index contributed by atoms with van der Waals surface area (Å²) in [7, 11) is 0. The zero-order valence-corrected chi connectivity index (χ0v) is 19.4. The third-order valence-electron chi connectivity index (χ3n) is 5.07. The smallest absolute Gasteiger partial charge is 0.332 e. The first-order valence-electron chi connectivity index (χ1n) is 10.7. The van der Waals surface area contributed by atoms with E-state index in [9.17, 15) is 14.4 Å². The maximum atomic E-state index is 13.1. The number of pyridine rings is 2. The van der Waals surface area contributed by atoms with Gasteiger partial charge in [0.15, 0.2) is 0 Å². The fourth-order valence-electron chi connectivity index (χ4n) is 3.51. The maximum Gasteiger partial charge on any atom is 0.332 e. The Bertz CT molecular complexity index is 1470. The van der Waals surface area contributed by atoms with Crippen LogP contribution >= 0.6 is 11.3 Å². The van der Waals surface area contributed by atoms with Crippen LogP contribution in [-0.2, 0) is 4.79 Å². The van der Waals surface area contributed by atoms with E-state index < -0.39 is 6.03 Å². The van der Waals surface area contributed by atoms with Gasteiger partial charge in [-0.3, -0.25) is 9.59 Å². The first kappa shape index (κ1) is 22.9. The van der Waals surface area contributed by atoms with E-state index in [4.69, 9.17) is 4.74 Å². The summed E-state index contributed by atoms with van der Waals surface area (Å²) in [6, 6.07) is 7.88. The molecule has 0 aromatic carbocycles. The van der Waals surface area contributed by atoms with Crippen LogP contribution in [0.2, 0.25) is 0 Å². The lowest BCUT2D eigenvalue weighted by Crippen LogP contribution is -2.36. The predicted molar refractivity (Wildman–Crippen MR) is 133 cm³/mol. The molecule has 0 atom stereocenters. The number of ether oxygens (including phenoxy) is 1. The van der Waals surface area contributed by atoms with Crippen LogP contribution in [0.1, 0.15) is 9.67 Å². The second-order valence-corrected chi connectivity index (χ2v) is 8.35. The number of hydrogen-bond acceptors (Lipinski definition) is 9. The Morgan fingerprint density at radius 1 is 1.14 bits per heavy atom.